The van der Waals surface area contributed by atoms with Gasteiger partial charge in [0.15, 0.2) is 0 Å². The van der Waals surface area contributed by atoms with Crippen LogP contribution in [0, 0.1) is 11.3 Å². The van der Waals surface area contributed by atoms with E-state index in [9.17, 15) is 14.4 Å². The maximum absolute atomic E-state index is 12.0. The Morgan fingerprint density at radius 3 is 2.45 bits per heavy atom. The van der Waals surface area contributed by atoms with E-state index in [1.54, 1.807) is 0 Å². The lowest BCUT2D eigenvalue weighted by molar-refractivity contribution is -0.139. The zero-order chi connectivity index (χ0) is 15.3. The fourth-order valence-corrected chi connectivity index (χ4v) is 2.71. The molecule has 0 aromatic heterocycles. The highest BCUT2D eigenvalue weighted by atomic mass is 32.2. The maximum Gasteiger partial charge on any atom is 0.328 e. The average Bonchev–Trinajstić information content (AvgIpc) is 2.29. The van der Waals surface area contributed by atoms with Crippen molar-refractivity contribution in [3.8, 4) is 0 Å². The molecule has 1 atom stereocenters. The normalized spacial score (nSPS) is 21.4. The van der Waals surface area contributed by atoms with Crippen molar-refractivity contribution in [1.82, 2.24) is 0 Å². The van der Waals surface area contributed by atoms with Gasteiger partial charge >= 0.3 is 5.97 Å². The van der Waals surface area contributed by atoms with E-state index in [0.717, 1.165) is 0 Å². The molecule has 1 saturated carbocycles. The third-order valence-electron chi connectivity index (χ3n) is 3.29. The van der Waals surface area contributed by atoms with Crippen molar-refractivity contribution in [1.29, 1.82) is 0 Å². The second-order valence-electron chi connectivity index (χ2n) is 5.86. The summed E-state index contributed by atoms with van der Waals surface area (Å²) in [7, 11) is 0. The average molecular weight is 299 g/mol. The van der Waals surface area contributed by atoms with Crippen LogP contribution >= 0.6 is 11.8 Å². The molecular weight excluding hydrogens is 278 g/mol. The molecule has 0 unspecified atom stereocenters. The molecule has 5 nitrogen and oxygen atoms in total. The van der Waals surface area contributed by atoms with Gasteiger partial charge in [0.05, 0.1) is 0 Å². The van der Waals surface area contributed by atoms with E-state index in [4.69, 9.17) is 5.11 Å². The number of carboxylic acids is 1. The first kappa shape index (κ1) is 16.9. The molecule has 6 heteroatoms. The third-order valence-corrected chi connectivity index (χ3v) is 3.94. The van der Waals surface area contributed by atoms with Gasteiger partial charge in [0.25, 0.3) is 0 Å². The summed E-state index contributed by atoms with van der Waals surface area (Å²) in [6.45, 7) is 3.77. The van der Waals surface area contributed by atoms with Gasteiger partial charge in [-0.05, 0) is 23.8 Å². The highest BCUT2D eigenvalue weighted by molar-refractivity contribution is 7.98. The number of aliphatic carboxylic acids is 1. The van der Waals surface area contributed by atoms with E-state index in [1.165, 1.54) is 18.0 Å². The van der Waals surface area contributed by atoms with Crippen molar-refractivity contribution in [2.24, 2.45) is 16.3 Å². The molecule has 0 amide bonds. The molecule has 20 heavy (non-hydrogen) atoms. The molecule has 1 aliphatic carbocycles. The molecule has 112 valence electrons. The zero-order valence-electron chi connectivity index (χ0n) is 12.1. The highest BCUT2D eigenvalue weighted by Gasteiger charge is 2.38. The number of thioether (sulfide) groups is 1. The summed E-state index contributed by atoms with van der Waals surface area (Å²) >= 11 is 1.54. The number of aliphatic imine (C=N–C) groups is 1. The van der Waals surface area contributed by atoms with Gasteiger partial charge < -0.3 is 5.11 Å². The molecule has 0 spiro atoms. The minimum Gasteiger partial charge on any atom is -0.480 e. The van der Waals surface area contributed by atoms with Gasteiger partial charge in [-0.25, -0.2) is 4.79 Å². The fourth-order valence-electron chi connectivity index (χ4n) is 2.25. The van der Waals surface area contributed by atoms with E-state index in [1.807, 2.05) is 20.1 Å². The SMILES string of the molecule is CSCC[C@@H](N=CC1C(=O)CC(C)(C)CC1=O)C(=O)O. The zero-order valence-corrected chi connectivity index (χ0v) is 12.9. The lowest BCUT2D eigenvalue weighted by Crippen LogP contribution is -2.38. The molecule has 0 radical (unpaired) electrons. The molecule has 1 rings (SSSR count). The number of hydrogen-bond acceptors (Lipinski definition) is 5. The summed E-state index contributed by atoms with van der Waals surface area (Å²) < 4.78 is 0. The largest absolute Gasteiger partial charge is 0.480 e. The fraction of sp³-hybridized carbons (Fsp3) is 0.714. The Labute approximate surface area is 123 Å². The Morgan fingerprint density at radius 2 is 2.00 bits per heavy atom. The van der Waals surface area contributed by atoms with Crippen molar-refractivity contribution >= 4 is 35.5 Å². The number of carbonyl (C=O) groups excluding carboxylic acids is 2. The molecule has 0 aromatic rings. The van der Waals surface area contributed by atoms with Crippen LogP contribution in [0.3, 0.4) is 0 Å². The third kappa shape index (κ3) is 4.74. The Hall–Kier alpha value is -1.17. The molecule has 0 bridgehead atoms. The van der Waals surface area contributed by atoms with Gasteiger partial charge in [-0.15, -0.1) is 0 Å². The number of rotatable bonds is 6. The van der Waals surface area contributed by atoms with E-state index in [2.05, 4.69) is 4.99 Å². The van der Waals surface area contributed by atoms with Gasteiger partial charge in [0, 0.05) is 19.1 Å². The maximum atomic E-state index is 12.0. The van der Waals surface area contributed by atoms with E-state index < -0.39 is 17.9 Å². The number of nitrogens with zero attached hydrogens (tertiary/aromatic N) is 1. The highest BCUT2D eigenvalue weighted by Crippen LogP contribution is 2.33. The van der Waals surface area contributed by atoms with Crippen LogP contribution in [0.2, 0.25) is 0 Å². The van der Waals surface area contributed by atoms with Gasteiger partial charge in [-0.2, -0.15) is 11.8 Å². The van der Waals surface area contributed by atoms with Crippen molar-refractivity contribution < 1.29 is 19.5 Å². The molecule has 0 aromatic carbocycles. The van der Waals surface area contributed by atoms with Crippen LogP contribution in [0.15, 0.2) is 4.99 Å². The first-order chi connectivity index (χ1) is 9.26. The molecule has 1 aliphatic rings. The molecule has 0 heterocycles. The smallest absolute Gasteiger partial charge is 0.328 e. The van der Waals surface area contributed by atoms with E-state index in [0.29, 0.717) is 25.0 Å². The van der Waals surface area contributed by atoms with Crippen LogP contribution in [-0.2, 0) is 14.4 Å². The van der Waals surface area contributed by atoms with Crippen LogP contribution in [-0.4, -0.2) is 46.9 Å². The molecule has 0 saturated heterocycles. The lowest BCUT2D eigenvalue weighted by atomic mass is 9.72. The molecule has 1 fully saturated rings. The van der Waals surface area contributed by atoms with Gasteiger partial charge in [-0.1, -0.05) is 13.8 Å². The summed E-state index contributed by atoms with van der Waals surface area (Å²) in [6.07, 6.45) is 4.20. The Morgan fingerprint density at radius 1 is 1.45 bits per heavy atom. The van der Waals surface area contributed by atoms with E-state index >= 15 is 0 Å². The Bertz CT molecular complexity index is 411. The number of Topliss-reactive ketones (excluding diaryl/α,β-unsaturated/α-hetero) is 2. The summed E-state index contributed by atoms with van der Waals surface area (Å²) in [6, 6.07) is -0.877. The topological polar surface area (TPSA) is 83.8 Å². The van der Waals surface area contributed by atoms with Gasteiger partial charge in [-0.3, -0.25) is 14.6 Å². The Kier molecular flexibility index (Phi) is 5.92. The standard InChI is InChI=1S/C14H21NO4S/c1-14(2)6-11(16)9(12(17)7-14)8-15-10(13(18)19)4-5-20-3/h8-10H,4-7H2,1-3H3,(H,18,19)/t10-/m1/s1. The van der Waals surface area contributed by atoms with Crippen LogP contribution in [0.5, 0.6) is 0 Å². The van der Waals surface area contributed by atoms with Crippen LogP contribution in [0.25, 0.3) is 0 Å². The summed E-state index contributed by atoms with van der Waals surface area (Å²) in [5.41, 5.74) is -0.302. The van der Waals surface area contributed by atoms with Crippen molar-refractivity contribution in [3.05, 3.63) is 0 Å². The molecule has 1 N–H and O–H groups in total. The summed E-state index contributed by atoms with van der Waals surface area (Å²) in [5, 5.41) is 9.05. The Balaban J connectivity index is 2.74. The number of ketones is 2. The molecular formula is C14H21NO4S. The van der Waals surface area contributed by atoms with Crippen molar-refractivity contribution in [2.45, 2.75) is 39.2 Å². The van der Waals surface area contributed by atoms with Gasteiger partial charge in [0.2, 0.25) is 0 Å². The first-order valence-electron chi connectivity index (χ1n) is 6.57. The van der Waals surface area contributed by atoms with E-state index in [-0.39, 0.29) is 17.0 Å². The second-order valence-corrected chi connectivity index (χ2v) is 6.85. The number of carboxylic acid groups (broad SMARTS) is 1. The number of carbonyl (C=O) groups is 3. The van der Waals surface area contributed by atoms with Gasteiger partial charge in [0.1, 0.15) is 23.5 Å². The quantitative estimate of drug-likeness (QED) is 0.597. The number of hydrogen-bond donors (Lipinski definition) is 1. The molecule has 0 aliphatic heterocycles. The van der Waals surface area contributed by atoms with Crippen molar-refractivity contribution in [2.75, 3.05) is 12.0 Å². The minimum atomic E-state index is -1.02. The lowest BCUT2D eigenvalue weighted by Gasteiger charge is -2.30. The minimum absolute atomic E-state index is 0.163. The summed E-state index contributed by atoms with van der Waals surface area (Å²) in [5.74, 6) is -1.54. The summed E-state index contributed by atoms with van der Waals surface area (Å²) in [4.78, 5) is 38.9. The monoisotopic (exact) mass is 299 g/mol. The van der Waals surface area contributed by atoms with Crippen LogP contribution in [0.1, 0.15) is 33.1 Å². The predicted octanol–water partition coefficient (Wildman–Crippen LogP) is 1.84. The first-order valence-corrected chi connectivity index (χ1v) is 7.96. The van der Waals surface area contributed by atoms with Crippen LogP contribution < -0.4 is 0 Å². The predicted molar refractivity (Wildman–Crippen MR) is 79.4 cm³/mol. The van der Waals surface area contributed by atoms with Crippen LogP contribution in [0.4, 0.5) is 0 Å². The van der Waals surface area contributed by atoms with Crippen molar-refractivity contribution in [3.63, 3.8) is 0 Å². The second kappa shape index (κ2) is 7.02.